The second-order valence-corrected chi connectivity index (χ2v) is 5.67. The smallest absolute Gasteiger partial charge is 0.118 e. The molecule has 0 spiro atoms. The number of rotatable bonds is 6. The second kappa shape index (κ2) is 6.40. The summed E-state index contributed by atoms with van der Waals surface area (Å²) in [6, 6.07) is 8.07. The molecule has 2 unspecified atom stereocenters. The van der Waals surface area contributed by atoms with Gasteiger partial charge in [-0.15, -0.1) is 0 Å². The summed E-state index contributed by atoms with van der Waals surface area (Å²) in [5.41, 5.74) is 7.33. The molecule has 0 saturated carbocycles. The van der Waals surface area contributed by atoms with Crippen LogP contribution in [-0.4, -0.2) is 19.8 Å². The number of nitrogens with two attached hydrogens (primary N) is 1. The van der Waals surface area contributed by atoms with Crippen molar-refractivity contribution in [1.82, 2.24) is 0 Å². The van der Waals surface area contributed by atoms with Crippen LogP contribution in [0.4, 0.5) is 0 Å². The van der Waals surface area contributed by atoms with Crippen LogP contribution in [0.25, 0.3) is 0 Å². The van der Waals surface area contributed by atoms with Crippen molar-refractivity contribution in [2.24, 2.45) is 5.73 Å². The molecular formula is C16H25NO2. The van der Waals surface area contributed by atoms with Crippen LogP contribution in [0.15, 0.2) is 24.3 Å². The van der Waals surface area contributed by atoms with Crippen LogP contribution in [0, 0.1) is 0 Å². The van der Waals surface area contributed by atoms with Gasteiger partial charge in [0, 0.05) is 12.1 Å². The van der Waals surface area contributed by atoms with Gasteiger partial charge < -0.3 is 15.2 Å². The molecular weight excluding hydrogens is 238 g/mol. The quantitative estimate of drug-likeness (QED) is 0.857. The van der Waals surface area contributed by atoms with Gasteiger partial charge in [0.25, 0.3) is 0 Å². The van der Waals surface area contributed by atoms with E-state index in [1.165, 1.54) is 18.4 Å². The fourth-order valence-electron chi connectivity index (χ4n) is 2.69. The van der Waals surface area contributed by atoms with Crippen LogP contribution in [0.1, 0.15) is 44.6 Å². The van der Waals surface area contributed by atoms with Gasteiger partial charge in [0.05, 0.1) is 13.2 Å². The van der Waals surface area contributed by atoms with Crippen LogP contribution in [0.2, 0.25) is 0 Å². The highest BCUT2D eigenvalue weighted by Crippen LogP contribution is 2.27. The Hall–Kier alpha value is -1.06. The maximum Gasteiger partial charge on any atom is 0.118 e. The van der Waals surface area contributed by atoms with E-state index in [-0.39, 0.29) is 5.54 Å². The summed E-state index contributed by atoms with van der Waals surface area (Å²) in [5, 5.41) is 0. The van der Waals surface area contributed by atoms with E-state index >= 15 is 0 Å². The van der Waals surface area contributed by atoms with Crippen molar-refractivity contribution < 1.29 is 9.47 Å². The summed E-state index contributed by atoms with van der Waals surface area (Å²) in [5.74, 6) is 0.874. The van der Waals surface area contributed by atoms with Crippen molar-refractivity contribution >= 4 is 0 Å². The summed E-state index contributed by atoms with van der Waals surface area (Å²) in [6.07, 6.45) is 6.12. The molecule has 1 fully saturated rings. The summed E-state index contributed by atoms with van der Waals surface area (Å²) in [4.78, 5) is 0. The lowest BCUT2D eigenvalue weighted by Crippen LogP contribution is -2.33. The van der Waals surface area contributed by atoms with Crippen molar-refractivity contribution in [3.63, 3.8) is 0 Å². The van der Waals surface area contributed by atoms with Crippen LogP contribution in [0.3, 0.4) is 0 Å². The first kappa shape index (κ1) is 14.4. The van der Waals surface area contributed by atoms with E-state index in [9.17, 15) is 0 Å². The van der Waals surface area contributed by atoms with Gasteiger partial charge in [-0.3, -0.25) is 0 Å². The normalized spacial score (nSPS) is 22.2. The highest BCUT2D eigenvalue weighted by Gasteiger charge is 2.22. The largest absolute Gasteiger partial charge is 0.497 e. The van der Waals surface area contributed by atoms with E-state index in [1.54, 1.807) is 7.11 Å². The molecule has 0 aromatic heterocycles. The Labute approximate surface area is 116 Å². The lowest BCUT2D eigenvalue weighted by molar-refractivity contribution is 0.100. The Morgan fingerprint density at radius 2 is 2.11 bits per heavy atom. The van der Waals surface area contributed by atoms with Crippen LogP contribution < -0.4 is 10.5 Å². The molecule has 2 atom stereocenters. The molecule has 19 heavy (non-hydrogen) atoms. The SMILES string of the molecule is COc1ccc(C(C)(N)CCCC2CCCO2)cc1. The molecule has 2 rings (SSSR count). The van der Waals surface area contributed by atoms with Gasteiger partial charge in [0.1, 0.15) is 5.75 Å². The van der Waals surface area contributed by atoms with Crippen molar-refractivity contribution in [2.75, 3.05) is 13.7 Å². The Morgan fingerprint density at radius 1 is 1.37 bits per heavy atom. The van der Waals surface area contributed by atoms with Gasteiger partial charge in [-0.25, -0.2) is 0 Å². The third-order valence-electron chi connectivity index (χ3n) is 4.00. The van der Waals surface area contributed by atoms with Crippen molar-refractivity contribution in [2.45, 2.75) is 50.7 Å². The minimum atomic E-state index is -0.273. The standard InChI is InChI=1S/C16H25NO2/c1-16(17,11-3-5-15-6-4-12-19-15)13-7-9-14(18-2)10-8-13/h7-10,15H,3-6,11-12,17H2,1-2H3. The Bertz CT molecular complexity index is 380. The molecule has 3 nitrogen and oxygen atoms in total. The van der Waals surface area contributed by atoms with E-state index in [1.807, 2.05) is 12.1 Å². The van der Waals surface area contributed by atoms with Crippen LogP contribution >= 0.6 is 0 Å². The average molecular weight is 263 g/mol. The van der Waals surface area contributed by atoms with Gasteiger partial charge in [-0.1, -0.05) is 12.1 Å². The average Bonchev–Trinajstić information content (AvgIpc) is 2.92. The lowest BCUT2D eigenvalue weighted by atomic mass is 9.87. The van der Waals surface area contributed by atoms with Gasteiger partial charge in [-0.2, -0.15) is 0 Å². The van der Waals surface area contributed by atoms with E-state index < -0.39 is 0 Å². The third kappa shape index (κ3) is 3.95. The first-order valence-electron chi connectivity index (χ1n) is 7.17. The van der Waals surface area contributed by atoms with E-state index in [0.29, 0.717) is 6.10 Å². The molecule has 1 aliphatic rings. The highest BCUT2D eigenvalue weighted by molar-refractivity contribution is 5.31. The maximum absolute atomic E-state index is 6.43. The Kier molecular flexibility index (Phi) is 4.83. The third-order valence-corrected chi connectivity index (χ3v) is 4.00. The number of benzene rings is 1. The summed E-state index contributed by atoms with van der Waals surface area (Å²) in [7, 11) is 1.68. The zero-order valence-corrected chi connectivity index (χ0v) is 12.0. The van der Waals surface area contributed by atoms with Gasteiger partial charge >= 0.3 is 0 Å². The lowest BCUT2D eigenvalue weighted by Gasteiger charge is -2.26. The molecule has 0 radical (unpaired) electrons. The molecule has 0 aliphatic carbocycles. The molecule has 1 saturated heterocycles. The number of hydrogen-bond acceptors (Lipinski definition) is 3. The maximum atomic E-state index is 6.43. The zero-order chi connectivity index (χ0) is 13.7. The fraction of sp³-hybridized carbons (Fsp3) is 0.625. The first-order valence-corrected chi connectivity index (χ1v) is 7.17. The monoisotopic (exact) mass is 263 g/mol. The molecule has 3 heteroatoms. The molecule has 1 aromatic carbocycles. The number of methoxy groups -OCH3 is 1. The van der Waals surface area contributed by atoms with Crippen molar-refractivity contribution in [1.29, 1.82) is 0 Å². The number of ether oxygens (including phenoxy) is 2. The first-order chi connectivity index (χ1) is 9.12. The molecule has 1 aromatic rings. The van der Waals surface area contributed by atoms with Gasteiger partial charge in [-0.05, 0) is 56.7 Å². The van der Waals surface area contributed by atoms with Gasteiger partial charge in [0.15, 0.2) is 0 Å². The van der Waals surface area contributed by atoms with E-state index in [0.717, 1.165) is 31.6 Å². The minimum absolute atomic E-state index is 0.273. The minimum Gasteiger partial charge on any atom is -0.497 e. The molecule has 2 N–H and O–H groups in total. The van der Waals surface area contributed by atoms with E-state index in [4.69, 9.17) is 15.2 Å². The highest BCUT2D eigenvalue weighted by atomic mass is 16.5. The van der Waals surface area contributed by atoms with Gasteiger partial charge in [0.2, 0.25) is 0 Å². The second-order valence-electron chi connectivity index (χ2n) is 5.67. The molecule has 106 valence electrons. The molecule has 0 bridgehead atoms. The van der Waals surface area contributed by atoms with Crippen molar-refractivity contribution in [3.8, 4) is 5.75 Å². The fourth-order valence-corrected chi connectivity index (χ4v) is 2.69. The summed E-state index contributed by atoms with van der Waals surface area (Å²) in [6.45, 7) is 3.04. The molecule has 1 aliphatic heterocycles. The molecule has 1 heterocycles. The Balaban J connectivity index is 1.85. The molecule has 0 amide bonds. The Morgan fingerprint density at radius 3 is 2.68 bits per heavy atom. The predicted molar refractivity (Wildman–Crippen MR) is 77.4 cm³/mol. The zero-order valence-electron chi connectivity index (χ0n) is 12.0. The van der Waals surface area contributed by atoms with Crippen molar-refractivity contribution in [3.05, 3.63) is 29.8 Å². The topological polar surface area (TPSA) is 44.5 Å². The summed E-state index contributed by atoms with van der Waals surface area (Å²) < 4.78 is 10.8. The van der Waals surface area contributed by atoms with Crippen LogP contribution in [0.5, 0.6) is 5.75 Å². The van der Waals surface area contributed by atoms with E-state index in [2.05, 4.69) is 19.1 Å². The summed E-state index contributed by atoms with van der Waals surface area (Å²) >= 11 is 0. The number of hydrogen-bond donors (Lipinski definition) is 1. The van der Waals surface area contributed by atoms with Crippen LogP contribution in [-0.2, 0) is 10.3 Å². The predicted octanol–water partition coefficient (Wildman–Crippen LogP) is 3.22.